The first-order chi connectivity index (χ1) is 10.6. The molecule has 0 aliphatic heterocycles. The van der Waals surface area contributed by atoms with Gasteiger partial charge < -0.3 is 16.2 Å². The second kappa shape index (κ2) is 10.4. The molecule has 1 aromatic heterocycles. The van der Waals surface area contributed by atoms with E-state index < -0.39 is 6.10 Å². The van der Waals surface area contributed by atoms with Gasteiger partial charge in [0.2, 0.25) is 0 Å². The summed E-state index contributed by atoms with van der Waals surface area (Å²) in [6.45, 7) is 0.841. The summed E-state index contributed by atoms with van der Waals surface area (Å²) in [4.78, 5) is 8.36. The van der Waals surface area contributed by atoms with Gasteiger partial charge in [-0.3, -0.25) is 9.98 Å². The van der Waals surface area contributed by atoms with Crippen LogP contribution in [0.25, 0.3) is 0 Å². The monoisotopic (exact) mass is 446 g/mol. The van der Waals surface area contributed by atoms with Gasteiger partial charge in [-0.2, -0.15) is 0 Å². The number of aliphatic imine (C=N–C) groups is 1. The molecule has 124 valence electrons. The number of pyridine rings is 1. The van der Waals surface area contributed by atoms with Gasteiger partial charge >= 0.3 is 0 Å². The highest BCUT2D eigenvalue weighted by Gasteiger charge is 2.06. The first-order valence-corrected chi connectivity index (χ1v) is 7.40. The summed E-state index contributed by atoms with van der Waals surface area (Å²) in [7, 11) is 0. The lowest BCUT2D eigenvalue weighted by Gasteiger charge is -2.10. The van der Waals surface area contributed by atoms with Crippen molar-refractivity contribution >= 4 is 41.5 Å². The minimum Gasteiger partial charge on any atom is -0.386 e. The lowest BCUT2D eigenvalue weighted by molar-refractivity contribution is 0.187. The van der Waals surface area contributed by atoms with Gasteiger partial charge in [0.15, 0.2) is 5.96 Å². The van der Waals surface area contributed by atoms with E-state index in [-0.39, 0.29) is 30.5 Å². The highest BCUT2D eigenvalue weighted by molar-refractivity contribution is 14.0. The quantitative estimate of drug-likeness (QED) is 0.362. The third-order valence-electron chi connectivity index (χ3n) is 3.10. The molecule has 7 heteroatoms. The number of nitrogens with one attached hydrogen (secondary N) is 1. The average Bonchev–Trinajstić information content (AvgIpc) is 2.54. The van der Waals surface area contributed by atoms with Crippen LogP contribution in [0.4, 0.5) is 0 Å². The molecule has 0 amide bonds. The lowest BCUT2D eigenvalue weighted by Crippen LogP contribution is -2.33. The second-order valence-corrected chi connectivity index (χ2v) is 5.23. The van der Waals surface area contributed by atoms with Crippen LogP contribution < -0.4 is 11.1 Å². The van der Waals surface area contributed by atoms with E-state index in [0.717, 1.165) is 17.7 Å². The SMILES string of the molecule is I.NC(=NCC(O)c1ccc(Cl)cc1)NCCc1ccccn1. The summed E-state index contributed by atoms with van der Waals surface area (Å²) < 4.78 is 0. The predicted molar refractivity (Wildman–Crippen MR) is 104 cm³/mol. The number of guanidine groups is 1. The molecule has 4 N–H and O–H groups in total. The number of hydrogen-bond acceptors (Lipinski definition) is 3. The number of rotatable bonds is 6. The number of halogens is 2. The van der Waals surface area contributed by atoms with Crippen molar-refractivity contribution in [2.75, 3.05) is 13.1 Å². The molecule has 0 fully saturated rings. The number of benzene rings is 1. The zero-order valence-corrected chi connectivity index (χ0v) is 15.6. The van der Waals surface area contributed by atoms with Crippen LogP contribution in [0.15, 0.2) is 53.7 Å². The molecule has 0 aliphatic rings. The third kappa shape index (κ3) is 7.15. The molecular weight excluding hydrogens is 427 g/mol. The molecule has 0 radical (unpaired) electrons. The summed E-state index contributed by atoms with van der Waals surface area (Å²) in [5, 5.41) is 13.7. The van der Waals surface area contributed by atoms with E-state index in [0.29, 0.717) is 17.5 Å². The fourth-order valence-corrected chi connectivity index (χ4v) is 2.02. The maximum Gasteiger partial charge on any atom is 0.188 e. The van der Waals surface area contributed by atoms with E-state index in [1.807, 2.05) is 18.2 Å². The Bertz CT molecular complexity index is 607. The lowest BCUT2D eigenvalue weighted by atomic mass is 10.1. The van der Waals surface area contributed by atoms with Crippen molar-refractivity contribution in [3.63, 3.8) is 0 Å². The first-order valence-electron chi connectivity index (χ1n) is 7.02. The van der Waals surface area contributed by atoms with Crippen molar-refractivity contribution in [3.05, 3.63) is 64.9 Å². The molecule has 2 rings (SSSR count). The predicted octanol–water partition coefficient (Wildman–Crippen LogP) is 2.53. The van der Waals surface area contributed by atoms with Crippen molar-refractivity contribution in [2.45, 2.75) is 12.5 Å². The maximum absolute atomic E-state index is 10.0. The Kier molecular flexibility index (Phi) is 8.90. The number of aliphatic hydroxyl groups is 1. The van der Waals surface area contributed by atoms with Crippen molar-refractivity contribution in [1.82, 2.24) is 10.3 Å². The molecule has 2 aromatic rings. The molecule has 0 saturated carbocycles. The topological polar surface area (TPSA) is 83.5 Å². The van der Waals surface area contributed by atoms with Gasteiger partial charge in [0.05, 0.1) is 12.6 Å². The van der Waals surface area contributed by atoms with E-state index in [4.69, 9.17) is 17.3 Å². The highest BCUT2D eigenvalue weighted by Crippen LogP contribution is 2.16. The fraction of sp³-hybridized carbons (Fsp3) is 0.250. The maximum atomic E-state index is 10.0. The molecule has 0 aliphatic carbocycles. The van der Waals surface area contributed by atoms with Gasteiger partial charge in [-0.1, -0.05) is 29.8 Å². The first kappa shape index (κ1) is 19.7. The van der Waals surface area contributed by atoms with E-state index >= 15 is 0 Å². The normalized spacial score (nSPS) is 12.3. The molecule has 1 heterocycles. The zero-order valence-electron chi connectivity index (χ0n) is 12.5. The summed E-state index contributed by atoms with van der Waals surface area (Å²) >= 11 is 5.81. The Morgan fingerprint density at radius 3 is 2.65 bits per heavy atom. The Balaban J connectivity index is 0.00000264. The molecule has 1 unspecified atom stereocenters. The molecule has 5 nitrogen and oxygen atoms in total. The van der Waals surface area contributed by atoms with Crippen molar-refractivity contribution in [3.8, 4) is 0 Å². The number of aliphatic hydroxyl groups excluding tert-OH is 1. The summed E-state index contributed by atoms with van der Waals surface area (Å²) in [5.74, 6) is 0.309. The average molecular weight is 447 g/mol. The number of nitrogens with zero attached hydrogens (tertiary/aromatic N) is 2. The standard InChI is InChI=1S/C16H19ClN4O.HI/c17-13-6-4-12(5-7-13)15(22)11-21-16(18)20-10-8-14-3-1-2-9-19-14;/h1-7,9,15,22H,8,10-11H2,(H3,18,20,21);1H. The van der Waals surface area contributed by atoms with Gasteiger partial charge in [0, 0.05) is 29.9 Å². The van der Waals surface area contributed by atoms with Crippen LogP contribution in [-0.2, 0) is 6.42 Å². The number of nitrogens with two attached hydrogens (primary N) is 1. The van der Waals surface area contributed by atoms with Gasteiger partial charge in [0.25, 0.3) is 0 Å². The number of aromatic nitrogens is 1. The van der Waals surface area contributed by atoms with Gasteiger partial charge in [-0.05, 0) is 29.8 Å². The Hall–Kier alpha value is -1.38. The third-order valence-corrected chi connectivity index (χ3v) is 3.35. The minimum absolute atomic E-state index is 0. The highest BCUT2D eigenvalue weighted by atomic mass is 127. The molecule has 1 atom stereocenters. The van der Waals surface area contributed by atoms with Crippen molar-refractivity contribution in [1.29, 1.82) is 0 Å². The van der Waals surface area contributed by atoms with Gasteiger partial charge in [0.1, 0.15) is 0 Å². The fourth-order valence-electron chi connectivity index (χ4n) is 1.90. The summed E-state index contributed by atoms with van der Waals surface area (Å²) in [6.07, 6.45) is 1.82. The van der Waals surface area contributed by atoms with Crippen LogP contribution in [0.5, 0.6) is 0 Å². The second-order valence-electron chi connectivity index (χ2n) is 4.79. The van der Waals surface area contributed by atoms with Crippen LogP contribution in [-0.4, -0.2) is 29.1 Å². The molecule has 23 heavy (non-hydrogen) atoms. The molecule has 0 spiro atoms. The Labute approximate surface area is 158 Å². The van der Waals surface area contributed by atoms with Crippen LogP contribution >= 0.6 is 35.6 Å². The number of hydrogen-bond donors (Lipinski definition) is 3. The van der Waals surface area contributed by atoms with Crippen LogP contribution in [0.2, 0.25) is 5.02 Å². The Morgan fingerprint density at radius 2 is 2.00 bits per heavy atom. The van der Waals surface area contributed by atoms with Crippen LogP contribution in [0, 0.1) is 0 Å². The molecule has 0 bridgehead atoms. The molecule has 1 aromatic carbocycles. The summed E-state index contributed by atoms with van der Waals surface area (Å²) in [5.41, 5.74) is 7.52. The van der Waals surface area contributed by atoms with E-state index in [1.54, 1.807) is 30.5 Å². The smallest absolute Gasteiger partial charge is 0.188 e. The minimum atomic E-state index is -0.701. The van der Waals surface area contributed by atoms with Crippen LogP contribution in [0.3, 0.4) is 0 Å². The van der Waals surface area contributed by atoms with E-state index in [9.17, 15) is 5.11 Å². The van der Waals surface area contributed by atoms with Crippen molar-refractivity contribution < 1.29 is 5.11 Å². The van der Waals surface area contributed by atoms with Gasteiger partial charge in [-0.15, -0.1) is 24.0 Å². The molecule has 0 saturated heterocycles. The van der Waals surface area contributed by atoms with E-state index in [2.05, 4.69) is 15.3 Å². The Morgan fingerprint density at radius 1 is 1.26 bits per heavy atom. The van der Waals surface area contributed by atoms with Crippen molar-refractivity contribution in [2.24, 2.45) is 10.7 Å². The van der Waals surface area contributed by atoms with E-state index in [1.165, 1.54) is 0 Å². The summed E-state index contributed by atoms with van der Waals surface area (Å²) in [6, 6.07) is 12.8. The van der Waals surface area contributed by atoms with Gasteiger partial charge in [-0.25, -0.2) is 0 Å². The van der Waals surface area contributed by atoms with Crippen LogP contribution in [0.1, 0.15) is 17.4 Å². The molecular formula is C16H20ClIN4O. The largest absolute Gasteiger partial charge is 0.386 e. The zero-order chi connectivity index (χ0) is 15.8.